The Balaban J connectivity index is 2.22. The minimum Gasteiger partial charge on any atom is -0.396 e. The second-order valence-corrected chi connectivity index (χ2v) is 4.39. The van der Waals surface area contributed by atoms with Crippen molar-refractivity contribution in [2.45, 2.75) is 32.1 Å². The van der Waals surface area contributed by atoms with Crippen LogP contribution in [0.15, 0.2) is 0 Å². The van der Waals surface area contributed by atoms with Crippen molar-refractivity contribution in [1.29, 1.82) is 0 Å². The number of aliphatic hydroxyl groups is 1. The Morgan fingerprint density at radius 1 is 1.43 bits per heavy atom. The van der Waals surface area contributed by atoms with E-state index in [4.69, 9.17) is 4.74 Å². The molecule has 0 aromatic carbocycles. The van der Waals surface area contributed by atoms with Gasteiger partial charge in [0.05, 0.1) is 0 Å². The molecule has 0 saturated carbocycles. The first-order valence-corrected chi connectivity index (χ1v) is 5.63. The standard InChI is InChI=1S/C11H23NO2/c1-14-8-3-2-5-11(10-13)6-4-7-12-9-11/h12-13H,2-10H2,1H3. The van der Waals surface area contributed by atoms with Crippen molar-refractivity contribution >= 4 is 0 Å². The molecule has 1 aliphatic rings. The average Bonchev–Trinajstić information content (AvgIpc) is 2.26. The minimum atomic E-state index is 0.159. The van der Waals surface area contributed by atoms with Crippen molar-refractivity contribution in [3.8, 4) is 0 Å². The quantitative estimate of drug-likeness (QED) is 0.634. The molecule has 1 heterocycles. The van der Waals surface area contributed by atoms with E-state index in [1.54, 1.807) is 7.11 Å². The maximum absolute atomic E-state index is 9.43. The lowest BCUT2D eigenvalue weighted by Gasteiger charge is -2.36. The molecule has 0 aliphatic carbocycles. The lowest BCUT2D eigenvalue weighted by molar-refractivity contribution is 0.0800. The molecule has 1 unspecified atom stereocenters. The number of aliphatic hydroxyl groups excluding tert-OH is 1. The molecule has 1 rings (SSSR count). The Kier molecular flexibility index (Phi) is 5.45. The maximum Gasteiger partial charge on any atom is 0.0499 e. The molecule has 84 valence electrons. The van der Waals surface area contributed by atoms with Crippen molar-refractivity contribution in [2.75, 3.05) is 33.4 Å². The summed E-state index contributed by atoms with van der Waals surface area (Å²) in [7, 11) is 1.74. The Morgan fingerprint density at radius 3 is 2.86 bits per heavy atom. The van der Waals surface area contributed by atoms with Gasteiger partial charge < -0.3 is 15.2 Å². The van der Waals surface area contributed by atoms with E-state index in [1.807, 2.05) is 0 Å². The Bertz CT molecular complexity index is 144. The van der Waals surface area contributed by atoms with Gasteiger partial charge in [0, 0.05) is 32.3 Å². The first kappa shape index (κ1) is 12.0. The molecule has 1 fully saturated rings. The summed E-state index contributed by atoms with van der Waals surface area (Å²) in [6.45, 7) is 3.26. The van der Waals surface area contributed by atoms with E-state index < -0.39 is 0 Å². The molecule has 3 heteroatoms. The minimum absolute atomic E-state index is 0.159. The third-order valence-corrected chi connectivity index (χ3v) is 3.20. The molecule has 0 radical (unpaired) electrons. The van der Waals surface area contributed by atoms with Gasteiger partial charge in [-0.2, -0.15) is 0 Å². The van der Waals surface area contributed by atoms with Crippen LogP contribution in [0.2, 0.25) is 0 Å². The molecular weight excluding hydrogens is 178 g/mol. The lowest BCUT2D eigenvalue weighted by atomic mass is 9.77. The van der Waals surface area contributed by atoms with Gasteiger partial charge in [-0.3, -0.25) is 0 Å². The van der Waals surface area contributed by atoms with Gasteiger partial charge in [0.15, 0.2) is 0 Å². The van der Waals surface area contributed by atoms with E-state index >= 15 is 0 Å². The fraction of sp³-hybridized carbons (Fsp3) is 1.00. The number of ether oxygens (including phenoxy) is 1. The van der Waals surface area contributed by atoms with Crippen molar-refractivity contribution < 1.29 is 9.84 Å². The van der Waals surface area contributed by atoms with E-state index in [1.165, 1.54) is 12.8 Å². The van der Waals surface area contributed by atoms with Gasteiger partial charge in [0.1, 0.15) is 0 Å². The van der Waals surface area contributed by atoms with Crippen LogP contribution < -0.4 is 5.32 Å². The van der Waals surface area contributed by atoms with E-state index in [0.29, 0.717) is 6.61 Å². The summed E-state index contributed by atoms with van der Waals surface area (Å²) in [4.78, 5) is 0. The third-order valence-electron chi connectivity index (χ3n) is 3.20. The van der Waals surface area contributed by atoms with Crippen molar-refractivity contribution in [2.24, 2.45) is 5.41 Å². The van der Waals surface area contributed by atoms with Gasteiger partial charge in [0.2, 0.25) is 0 Å². The van der Waals surface area contributed by atoms with Gasteiger partial charge >= 0.3 is 0 Å². The number of nitrogens with one attached hydrogen (secondary N) is 1. The molecule has 14 heavy (non-hydrogen) atoms. The second-order valence-electron chi connectivity index (χ2n) is 4.39. The highest BCUT2D eigenvalue weighted by Gasteiger charge is 2.30. The molecule has 0 spiro atoms. The van der Waals surface area contributed by atoms with Crippen LogP contribution >= 0.6 is 0 Å². The molecule has 0 amide bonds. The molecule has 0 bridgehead atoms. The number of hydrogen-bond acceptors (Lipinski definition) is 3. The molecule has 0 aromatic heterocycles. The average molecular weight is 201 g/mol. The van der Waals surface area contributed by atoms with E-state index in [0.717, 1.165) is 39.0 Å². The van der Waals surface area contributed by atoms with E-state index in [-0.39, 0.29) is 5.41 Å². The summed E-state index contributed by atoms with van der Waals surface area (Å²) in [5.74, 6) is 0. The van der Waals surface area contributed by atoms with Gasteiger partial charge in [-0.1, -0.05) is 6.42 Å². The predicted octanol–water partition coefficient (Wildman–Crippen LogP) is 1.17. The largest absolute Gasteiger partial charge is 0.396 e. The smallest absolute Gasteiger partial charge is 0.0499 e. The molecule has 0 aromatic rings. The highest BCUT2D eigenvalue weighted by atomic mass is 16.5. The lowest BCUT2D eigenvalue weighted by Crippen LogP contribution is -2.42. The van der Waals surface area contributed by atoms with E-state index in [9.17, 15) is 5.11 Å². The molecular formula is C11H23NO2. The molecule has 3 nitrogen and oxygen atoms in total. The third kappa shape index (κ3) is 3.56. The maximum atomic E-state index is 9.43. The summed E-state index contributed by atoms with van der Waals surface area (Å²) in [5, 5.41) is 12.8. The molecule has 1 saturated heterocycles. The number of unbranched alkanes of at least 4 members (excludes halogenated alkanes) is 1. The zero-order valence-corrected chi connectivity index (χ0v) is 9.22. The summed E-state index contributed by atoms with van der Waals surface area (Å²) >= 11 is 0. The Morgan fingerprint density at radius 2 is 2.29 bits per heavy atom. The normalized spacial score (nSPS) is 27.9. The first-order valence-electron chi connectivity index (χ1n) is 5.63. The zero-order valence-electron chi connectivity index (χ0n) is 9.22. The second kappa shape index (κ2) is 6.38. The van der Waals surface area contributed by atoms with Crippen LogP contribution in [0.3, 0.4) is 0 Å². The van der Waals surface area contributed by atoms with E-state index in [2.05, 4.69) is 5.32 Å². The Hall–Kier alpha value is -0.120. The monoisotopic (exact) mass is 201 g/mol. The summed E-state index contributed by atoms with van der Waals surface area (Å²) in [5.41, 5.74) is 0.159. The highest BCUT2D eigenvalue weighted by molar-refractivity contribution is 4.84. The van der Waals surface area contributed by atoms with Crippen LogP contribution in [0.1, 0.15) is 32.1 Å². The first-order chi connectivity index (χ1) is 6.83. The van der Waals surface area contributed by atoms with Crippen LogP contribution in [-0.4, -0.2) is 38.5 Å². The van der Waals surface area contributed by atoms with Gasteiger partial charge in [-0.25, -0.2) is 0 Å². The van der Waals surface area contributed by atoms with Crippen LogP contribution in [0.25, 0.3) is 0 Å². The zero-order chi connectivity index (χ0) is 10.3. The Labute approximate surface area is 86.8 Å². The van der Waals surface area contributed by atoms with Gasteiger partial charge in [0.25, 0.3) is 0 Å². The highest BCUT2D eigenvalue weighted by Crippen LogP contribution is 2.31. The van der Waals surface area contributed by atoms with Crippen molar-refractivity contribution in [3.05, 3.63) is 0 Å². The van der Waals surface area contributed by atoms with Crippen LogP contribution in [0.5, 0.6) is 0 Å². The van der Waals surface area contributed by atoms with Crippen LogP contribution in [-0.2, 0) is 4.74 Å². The number of piperidine rings is 1. The number of methoxy groups -OCH3 is 1. The molecule has 1 aliphatic heterocycles. The van der Waals surface area contributed by atoms with Gasteiger partial charge in [-0.05, 0) is 32.2 Å². The summed E-state index contributed by atoms with van der Waals surface area (Å²) < 4.78 is 5.02. The van der Waals surface area contributed by atoms with Crippen molar-refractivity contribution in [3.63, 3.8) is 0 Å². The molecule has 2 N–H and O–H groups in total. The number of rotatable bonds is 6. The van der Waals surface area contributed by atoms with Crippen LogP contribution in [0, 0.1) is 5.41 Å². The van der Waals surface area contributed by atoms with Crippen molar-refractivity contribution in [1.82, 2.24) is 5.32 Å². The topological polar surface area (TPSA) is 41.5 Å². The fourth-order valence-electron chi connectivity index (χ4n) is 2.20. The predicted molar refractivity (Wildman–Crippen MR) is 57.3 cm³/mol. The summed E-state index contributed by atoms with van der Waals surface area (Å²) in [6, 6.07) is 0. The summed E-state index contributed by atoms with van der Waals surface area (Å²) in [6.07, 6.45) is 5.77. The SMILES string of the molecule is COCCCCC1(CO)CCCNC1. The van der Waals surface area contributed by atoms with Crippen LogP contribution in [0.4, 0.5) is 0 Å². The van der Waals surface area contributed by atoms with Gasteiger partial charge in [-0.15, -0.1) is 0 Å². The number of hydrogen-bond donors (Lipinski definition) is 2. The molecule has 1 atom stereocenters. The fourth-order valence-corrected chi connectivity index (χ4v) is 2.20.